The summed E-state index contributed by atoms with van der Waals surface area (Å²) in [5.41, 5.74) is 0.704. The molecule has 162 valence electrons. The highest BCUT2D eigenvalue weighted by molar-refractivity contribution is 7.89. The Bertz CT molecular complexity index is 1240. The number of benzene rings is 2. The first-order valence-electron chi connectivity index (χ1n) is 8.76. The summed E-state index contributed by atoms with van der Waals surface area (Å²) in [6, 6.07) is 6.95. The molecular weight excluding hydrogens is 448 g/mol. The second kappa shape index (κ2) is 9.33. The average Bonchev–Trinajstić information content (AvgIpc) is 3.20. The van der Waals surface area contributed by atoms with Gasteiger partial charge in [-0.25, -0.2) is 26.9 Å². The van der Waals surface area contributed by atoms with Gasteiger partial charge in [0, 0.05) is 23.1 Å². The van der Waals surface area contributed by atoms with E-state index >= 15 is 0 Å². The van der Waals surface area contributed by atoms with E-state index in [2.05, 4.69) is 21.6 Å². The SMILES string of the molecule is C=CCNS(=O)(=O)c1cc(C(=O)Nc2nc(-c3cc(F)ccc3OC)cs2)ccc1F. The standard InChI is InChI=1S/C20H17F2N3O4S2/c1-3-8-23-31(27,28)18-9-12(4-6-15(18)22)19(26)25-20-24-16(11-30-20)14-10-13(21)5-7-17(14)29-2/h3-7,9-11,23H,1,8H2,2H3,(H,24,25,26). The van der Waals surface area contributed by atoms with Gasteiger partial charge in [-0.3, -0.25) is 10.1 Å². The zero-order chi connectivity index (χ0) is 22.6. The van der Waals surface area contributed by atoms with Crippen LogP contribution in [0, 0.1) is 11.6 Å². The number of thiazole rings is 1. The molecule has 0 bridgehead atoms. The zero-order valence-corrected chi connectivity index (χ0v) is 17.8. The minimum Gasteiger partial charge on any atom is -0.496 e. The van der Waals surface area contributed by atoms with Crippen molar-refractivity contribution in [2.24, 2.45) is 0 Å². The van der Waals surface area contributed by atoms with Crippen LogP contribution in [0.3, 0.4) is 0 Å². The van der Waals surface area contributed by atoms with Gasteiger partial charge in [-0.15, -0.1) is 17.9 Å². The van der Waals surface area contributed by atoms with Gasteiger partial charge in [0.2, 0.25) is 10.0 Å². The number of hydrogen-bond acceptors (Lipinski definition) is 6. The van der Waals surface area contributed by atoms with Crippen molar-refractivity contribution in [1.82, 2.24) is 9.71 Å². The van der Waals surface area contributed by atoms with Crippen LogP contribution in [0.25, 0.3) is 11.3 Å². The molecule has 0 aliphatic heterocycles. The molecule has 1 amide bonds. The molecule has 1 aromatic heterocycles. The van der Waals surface area contributed by atoms with Crippen molar-refractivity contribution in [2.45, 2.75) is 4.90 Å². The van der Waals surface area contributed by atoms with E-state index in [9.17, 15) is 22.0 Å². The number of hydrogen-bond donors (Lipinski definition) is 2. The van der Waals surface area contributed by atoms with Crippen molar-refractivity contribution in [1.29, 1.82) is 0 Å². The largest absolute Gasteiger partial charge is 0.496 e. The predicted molar refractivity (Wildman–Crippen MR) is 114 cm³/mol. The number of anilines is 1. The number of carbonyl (C=O) groups is 1. The molecule has 0 spiro atoms. The highest BCUT2D eigenvalue weighted by Gasteiger charge is 2.21. The Labute approximate surface area is 181 Å². The van der Waals surface area contributed by atoms with Crippen LogP contribution in [-0.4, -0.2) is 33.0 Å². The monoisotopic (exact) mass is 465 g/mol. The highest BCUT2D eigenvalue weighted by Crippen LogP contribution is 2.33. The lowest BCUT2D eigenvalue weighted by molar-refractivity contribution is 0.102. The van der Waals surface area contributed by atoms with Gasteiger partial charge < -0.3 is 4.74 Å². The van der Waals surface area contributed by atoms with Crippen molar-refractivity contribution in [3.63, 3.8) is 0 Å². The van der Waals surface area contributed by atoms with Crippen molar-refractivity contribution in [3.05, 3.63) is 71.6 Å². The van der Waals surface area contributed by atoms with Gasteiger partial charge in [-0.05, 0) is 36.4 Å². The summed E-state index contributed by atoms with van der Waals surface area (Å²) in [5, 5.41) is 4.31. The van der Waals surface area contributed by atoms with Crippen molar-refractivity contribution < 1.29 is 26.7 Å². The second-order valence-electron chi connectivity index (χ2n) is 6.12. The molecule has 31 heavy (non-hydrogen) atoms. The second-order valence-corrected chi connectivity index (χ2v) is 8.72. The number of nitrogens with one attached hydrogen (secondary N) is 2. The number of rotatable bonds is 8. The summed E-state index contributed by atoms with van der Waals surface area (Å²) in [6.45, 7) is 3.30. The summed E-state index contributed by atoms with van der Waals surface area (Å²) < 4.78 is 59.4. The first kappa shape index (κ1) is 22.5. The van der Waals surface area contributed by atoms with E-state index in [0.717, 1.165) is 29.5 Å². The molecule has 2 N–H and O–H groups in total. The summed E-state index contributed by atoms with van der Waals surface area (Å²) in [5.74, 6) is -1.75. The lowest BCUT2D eigenvalue weighted by atomic mass is 10.1. The molecule has 0 radical (unpaired) electrons. The topological polar surface area (TPSA) is 97.4 Å². The normalized spacial score (nSPS) is 11.2. The molecular formula is C20H17F2N3O4S2. The lowest BCUT2D eigenvalue weighted by Gasteiger charge is -2.08. The molecule has 0 saturated carbocycles. The van der Waals surface area contributed by atoms with Crippen LogP contribution in [0.5, 0.6) is 5.75 Å². The van der Waals surface area contributed by atoms with Crippen molar-refractivity contribution >= 4 is 32.4 Å². The van der Waals surface area contributed by atoms with Gasteiger partial charge in [-0.1, -0.05) is 6.08 Å². The van der Waals surface area contributed by atoms with Crippen LogP contribution in [0.15, 0.2) is 59.3 Å². The van der Waals surface area contributed by atoms with Crippen LogP contribution in [-0.2, 0) is 10.0 Å². The van der Waals surface area contributed by atoms with E-state index < -0.39 is 32.5 Å². The first-order chi connectivity index (χ1) is 14.7. The number of halogens is 2. The van der Waals surface area contributed by atoms with E-state index in [-0.39, 0.29) is 17.2 Å². The molecule has 0 aliphatic rings. The van der Waals surface area contributed by atoms with Gasteiger partial charge in [0.05, 0.1) is 12.8 Å². The molecule has 3 aromatic rings. The number of sulfonamides is 1. The summed E-state index contributed by atoms with van der Waals surface area (Å²) in [4.78, 5) is 16.1. The Morgan fingerprint density at radius 2 is 2.03 bits per heavy atom. The Morgan fingerprint density at radius 3 is 2.74 bits per heavy atom. The Balaban J connectivity index is 1.84. The molecule has 0 aliphatic carbocycles. The van der Waals surface area contributed by atoms with Gasteiger partial charge in [-0.2, -0.15) is 0 Å². The van der Waals surface area contributed by atoms with E-state index in [1.807, 2.05) is 0 Å². The van der Waals surface area contributed by atoms with Crippen LogP contribution in [0.4, 0.5) is 13.9 Å². The van der Waals surface area contributed by atoms with Crippen LogP contribution >= 0.6 is 11.3 Å². The Kier molecular flexibility index (Phi) is 6.78. The van der Waals surface area contributed by atoms with Crippen LogP contribution in [0.1, 0.15) is 10.4 Å². The highest BCUT2D eigenvalue weighted by atomic mass is 32.2. The third-order valence-electron chi connectivity index (χ3n) is 4.06. The number of methoxy groups -OCH3 is 1. The fourth-order valence-corrected chi connectivity index (χ4v) is 4.41. The molecule has 3 rings (SSSR count). The molecule has 7 nitrogen and oxygen atoms in total. The van der Waals surface area contributed by atoms with Gasteiger partial charge in [0.1, 0.15) is 22.3 Å². The van der Waals surface area contributed by atoms with Gasteiger partial charge in [0.25, 0.3) is 5.91 Å². The number of aromatic nitrogens is 1. The summed E-state index contributed by atoms with van der Waals surface area (Å²) in [6.07, 6.45) is 1.31. The van der Waals surface area contributed by atoms with E-state index in [4.69, 9.17) is 4.74 Å². The molecule has 0 fully saturated rings. The van der Waals surface area contributed by atoms with Gasteiger partial charge >= 0.3 is 0 Å². The third kappa shape index (κ3) is 5.13. The molecule has 1 heterocycles. The quantitative estimate of drug-likeness (QED) is 0.493. The van der Waals surface area contributed by atoms with Crippen molar-refractivity contribution in [3.8, 4) is 17.0 Å². The van der Waals surface area contributed by atoms with E-state index in [0.29, 0.717) is 17.0 Å². The maximum atomic E-state index is 14.0. The maximum Gasteiger partial charge on any atom is 0.257 e. The Hall–Kier alpha value is -3.15. The van der Waals surface area contributed by atoms with Crippen molar-refractivity contribution in [2.75, 3.05) is 19.0 Å². The number of amides is 1. The maximum absolute atomic E-state index is 14.0. The fourth-order valence-electron chi connectivity index (χ4n) is 2.60. The predicted octanol–water partition coefficient (Wildman–Crippen LogP) is 3.81. The van der Waals surface area contributed by atoms with E-state index in [1.54, 1.807) is 5.38 Å². The molecule has 0 saturated heterocycles. The minimum atomic E-state index is -4.16. The van der Waals surface area contributed by atoms with Crippen LogP contribution < -0.4 is 14.8 Å². The molecule has 0 atom stereocenters. The number of carbonyl (C=O) groups excluding carboxylic acids is 1. The smallest absolute Gasteiger partial charge is 0.257 e. The van der Waals surface area contributed by atoms with Crippen LogP contribution in [0.2, 0.25) is 0 Å². The number of nitrogens with zero attached hydrogens (tertiary/aromatic N) is 1. The molecule has 11 heteroatoms. The molecule has 2 aromatic carbocycles. The lowest BCUT2D eigenvalue weighted by Crippen LogP contribution is -2.25. The third-order valence-corrected chi connectivity index (χ3v) is 6.26. The Morgan fingerprint density at radius 1 is 1.26 bits per heavy atom. The number of ether oxygens (including phenoxy) is 1. The summed E-state index contributed by atoms with van der Waals surface area (Å²) >= 11 is 1.08. The fraction of sp³-hybridized carbons (Fsp3) is 0.100. The van der Waals surface area contributed by atoms with E-state index in [1.165, 1.54) is 31.4 Å². The first-order valence-corrected chi connectivity index (χ1v) is 11.1. The van der Waals surface area contributed by atoms with Gasteiger partial charge in [0.15, 0.2) is 5.13 Å². The zero-order valence-electron chi connectivity index (χ0n) is 16.2. The molecule has 0 unspecified atom stereocenters. The minimum absolute atomic E-state index is 0.0829. The average molecular weight is 466 g/mol. The summed E-state index contributed by atoms with van der Waals surface area (Å²) in [7, 11) is -2.72.